The number of carbonyl (C=O) groups is 1. The van der Waals surface area contributed by atoms with Gasteiger partial charge in [-0.2, -0.15) is 18.3 Å². The van der Waals surface area contributed by atoms with Gasteiger partial charge in [0.2, 0.25) is 5.91 Å². The molecule has 0 saturated carbocycles. The van der Waals surface area contributed by atoms with E-state index in [9.17, 15) is 27.2 Å². The van der Waals surface area contributed by atoms with E-state index in [1.165, 1.54) is 21.7 Å². The number of alkyl halides is 4. The molecule has 0 N–H and O–H groups in total. The number of fused-ring (bicyclic) bond motifs is 2. The summed E-state index contributed by atoms with van der Waals surface area (Å²) >= 11 is 0. The summed E-state index contributed by atoms with van der Waals surface area (Å²) in [4.78, 5) is 34.7. The minimum atomic E-state index is -4.75. The molecule has 2 aliphatic rings. The molecular formula is C20H18F4N6O2. The minimum absolute atomic E-state index is 0.0146. The summed E-state index contributed by atoms with van der Waals surface area (Å²) in [6, 6.07) is 3.64. The van der Waals surface area contributed by atoms with Crippen LogP contribution in [0.4, 0.5) is 17.6 Å². The van der Waals surface area contributed by atoms with Gasteiger partial charge >= 0.3 is 11.9 Å². The van der Waals surface area contributed by atoms with Crippen LogP contribution in [-0.2, 0) is 23.9 Å². The van der Waals surface area contributed by atoms with Crippen molar-refractivity contribution in [2.24, 2.45) is 0 Å². The molecule has 3 aromatic rings. The molecule has 168 valence electrons. The van der Waals surface area contributed by atoms with Gasteiger partial charge in [-0.3, -0.25) is 9.36 Å². The predicted molar refractivity (Wildman–Crippen MR) is 104 cm³/mol. The maximum absolute atomic E-state index is 13.7. The highest BCUT2D eigenvalue weighted by atomic mass is 19.4. The number of nitrogens with zero attached hydrogens (tertiary/aromatic N) is 6. The van der Waals surface area contributed by atoms with Gasteiger partial charge in [-0.1, -0.05) is 0 Å². The Hall–Kier alpha value is -3.31. The molecule has 3 aromatic heterocycles. The van der Waals surface area contributed by atoms with Crippen LogP contribution < -0.4 is 5.69 Å². The highest BCUT2D eigenvalue weighted by Gasteiger charge is 2.39. The molecule has 1 amide bonds. The fourth-order valence-electron chi connectivity index (χ4n) is 4.26. The van der Waals surface area contributed by atoms with Gasteiger partial charge in [-0.25, -0.2) is 23.8 Å². The first-order chi connectivity index (χ1) is 15.2. The van der Waals surface area contributed by atoms with Gasteiger partial charge in [0.15, 0.2) is 11.3 Å². The first-order valence-corrected chi connectivity index (χ1v) is 10.2. The van der Waals surface area contributed by atoms with Gasteiger partial charge in [0, 0.05) is 23.6 Å². The molecule has 5 rings (SSSR count). The van der Waals surface area contributed by atoms with E-state index >= 15 is 0 Å². The van der Waals surface area contributed by atoms with Gasteiger partial charge < -0.3 is 4.90 Å². The number of amides is 1. The number of aryl methyl sites for hydroxylation is 1. The zero-order chi connectivity index (χ0) is 22.6. The second-order valence-corrected chi connectivity index (χ2v) is 8.02. The molecule has 1 fully saturated rings. The molecule has 8 nitrogen and oxygen atoms in total. The molecular weight excluding hydrogens is 432 g/mol. The summed E-state index contributed by atoms with van der Waals surface area (Å²) in [7, 11) is 0. The number of likely N-dealkylation sites (tertiary alicyclic amines) is 1. The van der Waals surface area contributed by atoms with E-state index in [-0.39, 0.29) is 30.2 Å². The second kappa shape index (κ2) is 7.38. The molecule has 32 heavy (non-hydrogen) atoms. The second-order valence-electron chi connectivity index (χ2n) is 8.02. The maximum atomic E-state index is 13.7. The summed E-state index contributed by atoms with van der Waals surface area (Å²) < 4.78 is 56.3. The maximum Gasteiger partial charge on any atom is 0.433 e. The number of aromatic nitrogens is 5. The number of pyridine rings is 2. The highest BCUT2D eigenvalue weighted by Crippen LogP contribution is 2.32. The number of hydrogen-bond acceptors (Lipinski definition) is 5. The number of halogens is 4. The third-order valence-corrected chi connectivity index (χ3v) is 5.82. The zero-order valence-corrected chi connectivity index (χ0v) is 16.7. The SMILES string of the molecule is O=C([C@@H]1CCCc2nn(Cc3cc4cccnc4nc3C(F)(F)F)c(=O)n21)N1CC(F)C1. The van der Waals surface area contributed by atoms with E-state index in [0.29, 0.717) is 30.5 Å². The van der Waals surface area contributed by atoms with Crippen molar-refractivity contribution in [2.45, 2.75) is 44.2 Å². The molecule has 0 bridgehead atoms. The summed E-state index contributed by atoms with van der Waals surface area (Å²) in [5.41, 5.74) is -2.08. The Morgan fingerprint density at radius 2 is 2.03 bits per heavy atom. The lowest BCUT2D eigenvalue weighted by Gasteiger charge is -2.37. The zero-order valence-electron chi connectivity index (χ0n) is 16.7. The normalized spacial score (nSPS) is 19.1. The Kier molecular flexibility index (Phi) is 4.75. The Morgan fingerprint density at radius 3 is 2.75 bits per heavy atom. The van der Waals surface area contributed by atoms with Crippen LogP contribution in [-0.4, -0.2) is 54.4 Å². The van der Waals surface area contributed by atoms with Crippen molar-refractivity contribution < 1.29 is 22.4 Å². The van der Waals surface area contributed by atoms with E-state index in [0.717, 1.165) is 4.68 Å². The van der Waals surface area contributed by atoms with E-state index in [1.807, 2.05) is 0 Å². The van der Waals surface area contributed by atoms with Crippen LogP contribution in [0.2, 0.25) is 0 Å². The van der Waals surface area contributed by atoms with Gasteiger partial charge in [0.1, 0.15) is 18.0 Å². The third-order valence-electron chi connectivity index (χ3n) is 5.82. The third kappa shape index (κ3) is 3.43. The molecule has 1 saturated heterocycles. The number of hydrogen-bond donors (Lipinski definition) is 0. The van der Waals surface area contributed by atoms with Crippen LogP contribution in [0, 0.1) is 0 Å². The minimum Gasteiger partial charge on any atom is -0.335 e. The first kappa shape index (κ1) is 20.6. The van der Waals surface area contributed by atoms with Crippen molar-refractivity contribution in [3.63, 3.8) is 0 Å². The van der Waals surface area contributed by atoms with Crippen LogP contribution in [0.25, 0.3) is 11.0 Å². The van der Waals surface area contributed by atoms with Crippen molar-refractivity contribution in [3.8, 4) is 0 Å². The molecule has 0 unspecified atom stereocenters. The number of carbonyl (C=O) groups excluding carboxylic acids is 1. The largest absolute Gasteiger partial charge is 0.433 e. The lowest BCUT2D eigenvalue weighted by molar-refractivity contribution is -0.142. The van der Waals surface area contributed by atoms with Crippen LogP contribution in [0.5, 0.6) is 0 Å². The summed E-state index contributed by atoms with van der Waals surface area (Å²) in [6.07, 6.45) is -3.06. The lowest BCUT2D eigenvalue weighted by atomic mass is 10.0. The highest BCUT2D eigenvalue weighted by molar-refractivity contribution is 5.81. The quantitative estimate of drug-likeness (QED) is 0.571. The average molecular weight is 450 g/mol. The van der Waals surface area contributed by atoms with Crippen LogP contribution in [0.1, 0.15) is 36.0 Å². The van der Waals surface area contributed by atoms with Crippen molar-refractivity contribution >= 4 is 16.9 Å². The molecule has 0 spiro atoms. The van der Waals surface area contributed by atoms with E-state index < -0.39 is 36.3 Å². The van der Waals surface area contributed by atoms with Gasteiger partial charge in [-0.15, -0.1) is 0 Å². The van der Waals surface area contributed by atoms with E-state index in [4.69, 9.17) is 0 Å². The topological polar surface area (TPSA) is 85.9 Å². The van der Waals surface area contributed by atoms with Crippen molar-refractivity contribution in [3.05, 3.63) is 52.0 Å². The van der Waals surface area contributed by atoms with Crippen LogP contribution >= 0.6 is 0 Å². The monoisotopic (exact) mass is 450 g/mol. The molecule has 5 heterocycles. The lowest BCUT2D eigenvalue weighted by Crippen LogP contribution is -2.54. The Balaban J connectivity index is 1.53. The Morgan fingerprint density at radius 1 is 1.25 bits per heavy atom. The summed E-state index contributed by atoms with van der Waals surface area (Å²) in [6.45, 7) is -0.485. The van der Waals surface area contributed by atoms with Crippen molar-refractivity contribution in [1.29, 1.82) is 0 Å². The fraction of sp³-hybridized carbons (Fsp3) is 0.450. The molecule has 0 aliphatic carbocycles. The number of rotatable bonds is 3. The standard InChI is InChI=1S/C20H18F4N6O2/c21-13-9-28(10-13)18(31)14-4-1-5-15-27-29(19(32)30(14)15)8-12-7-11-3-2-6-25-17(11)26-16(12)20(22,23)24/h2-3,6-7,13-14H,1,4-5,8-10H2/t14-/m0/s1. The molecule has 0 radical (unpaired) electrons. The summed E-state index contributed by atoms with van der Waals surface area (Å²) in [5, 5.41) is 4.61. The smallest absolute Gasteiger partial charge is 0.335 e. The first-order valence-electron chi connectivity index (χ1n) is 10.2. The van der Waals surface area contributed by atoms with Crippen LogP contribution in [0.3, 0.4) is 0 Å². The predicted octanol–water partition coefficient (Wildman–Crippen LogP) is 2.11. The van der Waals surface area contributed by atoms with Crippen LogP contribution in [0.15, 0.2) is 29.2 Å². The van der Waals surface area contributed by atoms with Gasteiger partial charge in [0.05, 0.1) is 19.6 Å². The van der Waals surface area contributed by atoms with Crippen molar-refractivity contribution in [2.75, 3.05) is 13.1 Å². The molecule has 2 aliphatic heterocycles. The van der Waals surface area contributed by atoms with E-state index in [1.54, 1.807) is 12.1 Å². The molecule has 1 atom stereocenters. The molecule has 0 aromatic carbocycles. The molecule has 12 heteroatoms. The van der Waals surface area contributed by atoms with E-state index in [2.05, 4.69) is 15.1 Å². The van der Waals surface area contributed by atoms with Gasteiger partial charge in [-0.05, 0) is 31.0 Å². The average Bonchev–Trinajstić information content (AvgIpc) is 3.05. The fourth-order valence-corrected chi connectivity index (χ4v) is 4.26. The summed E-state index contributed by atoms with van der Waals surface area (Å²) in [5.74, 6) is -0.0307. The van der Waals surface area contributed by atoms with Crippen molar-refractivity contribution in [1.82, 2.24) is 29.2 Å². The van der Waals surface area contributed by atoms with Gasteiger partial charge in [0.25, 0.3) is 0 Å². The Labute approximate surface area is 178 Å². The Bertz CT molecular complexity index is 1260.